The second kappa shape index (κ2) is 6.51. The fourth-order valence-electron chi connectivity index (χ4n) is 2.12. The average Bonchev–Trinajstić information content (AvgIpc) is 2.87. The number of likely N-dealkylation sites (N-methyl/N-ethyl adjacent to an activating group) is 1. The lowest BCUT2D eigenvalue weighted by Crippen LogP contribution is -2.32. The normalized spacial score (nSPS) is 10.8. The van der Waals surface area contributed by atoms with E-state index >= 15 is 0 Å². The molecule has 0 unspecified atom stereocenters. The van der Waals surface area contributed by atoms with Crippen LogP contribution in [0.25, 0.3) is 5.69 Å². The van der Waals surface area contributed by atoms with Crippen LogP contribution < -0.4 is 0 Å². The number of amides is 1. The fraction of sp³-hybridized carbons (Fsp3) is 0.312. The van der Waals surface area contributed by atoms with Gasteiger partial charge in [-0.3, -0.25) is 9.59 Å². The average molecular weight is 317 g/mol. The minimum absolute atomic E-state index is 0.179. The van der Waals surface area contributed by atoms with Crippen molar-refractivity contribution in [2.24, 2.45) is 0 Å². The molecule has 7 nitrogen and oxygen atoms in total. The van der Waals surface area contributed by atoms with E-state index in [1.165, 1.54) is 23.5 Å². The van der Waals surface area contributed by atoms with Gasteiger partial charge in [-0.2, -0.15) is 5.10 Å². The van der Waals surface area contributed by atoms with E-state index in [0.717, 1.165) is 4.90 Å². The first-order valence-electron chi connectivity index (χ1n) is 7.15. The maximum absolute atomic E-state index is 12.1. The first-order chi connectivity index (χ1) is 10.8. The number of benzene rings is 1. The molecule has 0 aliphatic rings. The van der Waals surface area contributed by atoms with E-state index in [-0.39, 0.29) is 11.4 Å². The number of aromatic nitrogens is 2. The summed E-state index contributed by atoms with van der Waals surface area (Å²) in [6, 6.07) is 7.60. The molecule has 1 aromatic heterocycles. The van der Waals surface area contributed by atoms with E-state index in [1.54, 1.807) is 0 Å². The zero-order valence-corrected chi connectivity index (χ0v) is 13.2. The Morgan fingerprint density at radius 1 is 1.26 bits per heavy atom. The SMILES string of the molecule is CC(C)c1ccc(-n2cc(O)c(C(=O)N(C)CC(=O)O)n2)cc1. The molecule has 2 rings (SSSR count). The summed E-state index contributed by atoms with van der Waals surface area (Å²) in [5, 5.41) is 22.7. The molecule has 122 valence electrons. The molecule has 0 aliphatic carbocycles. The maximum atomic E-state index is 12.1. The van der Waals surface area contributed by atoms with Crippen molar-refractivity contribution in [3.05, 3.63) is 41.7 Å². The van der Waals surface area contributed by atoms with Gasteiger partial charge in [0.25, 0.3) is 5.91 Å². The van der Waals surface area contributed by atoms with Crippen molar-refractivity contribution in [1.82, 2.24) is 14.7 Å². The summed E-state index contributed by atoms with van der Waals surface area (Å²) >= 11 is 0. The van der Waals surface area contributed by atoms with Crippen LogP contribution in [-0.2, 0) is 4.79 Å². The van der Waals surface area contributed by atoms with Crippen LogP contribution in [0.4, 0.5) is 0 Å². The van der Waals surface area contributed by atoms with E-state index in [4.69, 9.17) is 5.11 Å². The third-order valence-corrected chi connectivity index (χ3v) is 3.44. The molecular weight excluding hydrogens is 298 g/mol. The number of carbonyl (C=O) groups excluding carboxylic acids is 1. The van der Waals surface area contributed by atoms with Crippen LogP contribution in [0.15, 0.2) is 30.5 Å². The largest absolute Gasteiger partial charge is 0.504 e. The summed E-state index contributed by atoms with van der Waals surface area (Å²) in [5.74, 6) is -1.68. The molecule has 0 fully saturated rings. The van der Waals surface area contributed by atoms with Gasteiger partial charge in [0.15, 0.2) is 11.4 Å². The molecule has 0 atom stereocenters. The third-order valence-electron chi connectivity index (χ3n) is 3.44. The number of carboxylic acids is 1. The summed E-state index contributed by atoms with van der Waals surface area (Å²) in [7, 11) is 1.34. The van der Waals surface area contributed by atoms with E-state index in [9.17, 15) is 14.7 Å². The number of rotatable bonds is 5. The lowest BCUT2D eigenvalue weighted by Gasteiger charge is -2.12. The van der Waals surface area contributed by atoms with Gasteiger partial charge in [0.05, 0.1) is 11.9 Å². The predicted octanol–water partition coefficient (Wildman–Crippen LogP) is 1.86. The summed E-state index contributed by atoms with van der Waals surface area (Å²) in [6.07, 6.45) is 1.33. The van der Waals surface area contributed by atoms with Gasteiger partial charge in [-0.05, 0) is 23.6 Å². The van der Waals surface area contributed by atoms with E-state index in [0.29, 0.717) is 11.6 Å². The summed E-state index contributed by atoms with van der Waals surface area (Å²) in [6.45, 7) is 3.71. The van der Waals surface area contributed by atoms with Gasteiger partial charge in [-0.1, -0.05) is 26.0 Å². The third kappa shape index (κ3) is 3.68. The van der Waals surface area contributed by atoms with Gasteiger partial charge in [-0.15, -0.1) is 0 Å². The standard InChI is InChI=1S/C16H19N3O4/c1-10(2)11-4-6-12(7-5-11)19-8-13(20)15(17-19)16(23)18(3)9-14(21)22/h4-8,10,20H,9H2,1-3H3,(H,21,22). The number of carbonyl (C=O) groups is 2. The second-order valence-corrected chi connectivity index (χ2v) is 5.61. The number of hydrogen-bond acceptors (Lipinski definition) is 4. The molecule has 1 aromatic carbocycles. The molecule has 0 saturated carbocycles. The second-order valence-electron chi connectivity index (χ2n) is 5.61. The van der Waals surface area contributed by atoms with Crippen LogP contribution in [0.2, 0.25) is 0 Å². The van der Waals surface area contributed by atoms with Gasteiger partial charge < -0.3 is 15.1 Å². The number of aromatic hydroxyl groups is 1. The Kier molecular flexibility index (Phi) is 4.68. The van der Waals surface area contributed by atoms with Gasteiger partial charge in [0.1, 0.15) is 6.54 Å². The Morgan fingerprint density at radius 2 is 1.87 bits per heavy atom. The van der Waals surface area contributed by atoms with Gasteiger partial charge in [0, 0.05) is 7.05 Å². The van der Waals surface area contributed by atoms with Gasteiger partial charge in [-0.25, -0.2) is 4.68 Å². The molecule has 1 amide bonds. The molecule has 0 radical (unpaired) electrons. The Hall–Kier alpha value is -2.83. The van der Waals surface area contributed by atoms with Crippen LogP contribution in [-0.4, -0.2) is 50.4 Å². The van der Waals surface area contributed by atoms with Crippen molar-refractivity contribution in [3.8, 4) is 11.4 Å². The highest BCUT2D eigenvalue weighted by atomic mass is 16.4. The van der Waals surface area contributed by atoms with Crippen LogP contribution >= 0.6 is 0 Å². The highest BCUT2D eigenvalue weighted by Gasteiger charge is 2.22. The minimum Gasteiger partial charge on any atom is -0.504 e. The fourth-order valence-corrected chi connectivity index (χ4v) is 2.12. The van der Waals surface area contributed by atoms with Crippen LogP contribution in [0.1, 0.15) is 35.8 Å². The summed E-state index contributed by atoms with van der Waals surface area (Å²) in [5.41, 5.74) is 1.69. The number of carboxylic acid groups (broad SMARTS) is 1. The summed E-state index contributed by atoms with van der Waals surface area (Å²) in [4.78, 5) is 23.8. The Labute approximate surface area is 133 Å². The van der Waals surface area contributed by atoms with Crippen molar-refractivity contribution in [1.29, 1.82) is 0 Å². The highest BCUT2D eigenvalue weighted by molar-refractivity contribution is 5.96. The van der Waals surface area contributed by atoms with Crippen molar-refractivity contribution in [2.75, 3.05) is 13.6 Å². The summed E-state index contributed by atoms with van der Waals surface area (Å²) < 4.78 is 1.39. The van der Waals surface area contributed by atoms with Gasteiger partial charge in [0.2, 0.25) is 0 Å². The first kappa shape index (κ1) is 16.5. The van der Waals surface area contributed by atoms with Crippen LogP contribution in [0.3, 0.4) is 0 Å². The van der Waals surface area contributed by atoms with E-state index in [1.807, 2.05) is 24.3 Å². The highest BCUT2D eigenvalue weighted by Crippen LogP contribution is 2.21. The van der Waals surface area contributed by atoms with Crippen molar-refractivity contribution in [3.63, 3.8) is 0 Å². The number of nitrogens with zero attached hydrogens (tertiary/aromatic N) is 3. The molecule has 0 aliphatic heterocycles. The van der Waals surface area contributed by atoms with Crippen molar-refractivity contribution >= 4 is 11.9 Å². The molecular formula is C16H19N3O4. The molecule has 2 aromatic rings. The van der Waals surface area contributed by atoms with Crippen molar-refractivity contribution < 1.29 is 19.8 Å². The molecule has 0 saturated heterocycles. The van der Waals surface area contributed by atoms with Crippen LogP contribution in [0.5, 0.6) is 5.75 Å². The van der Waals surface area contributed by atoms with Gasteiger partial charge >= 0.3 is 5.97 Å². The zero-order chi connectivity index (χ0) is 17.1. The quantitative estimate of drug-likeness (QED) is 0.877. The molecule has 23 heavy (non-hydrogen) atoms. The molecule has 1 heterocycles. The minimum atomic E-state index is -1.14. The molecule has 7 heteroatoms. The molecule has 2 N–H and O–H groups in total. The Bertz CT molecular complexity index is 719. The number of hydrogen-bond donors (Lipinski definition) is 2. The first-order valence-corrected chi connectivity index (χ1v) is 7.15. The predicted molar refractivity (Wildman–Crippen MR) is 83.9 cm³/mol. The number of aliphatic carboxylic acids is 1. The Morgan fingerprint density at radius 3 is 2.39 bits per heavy atom. The van der Waals surface area contributed by atoms with E-state index in [2.05, 4.69) is 18.9 Å². The topological polar surface area (TPSA) is 95.7 Å². The zero-order valence-electron chi connectivity index (χ0n) is 13.2. The lowest BCUT2D eigenvalue weighted by molar-refractivity contribution is -0.137. The molecule has 0 bridgehead atoms. The molecule has 0 spiro atoms. The van der Waals surface area contributed by atoms with Crippen molar-refractivity contribution in [2.45, 2.75) is 19.8 Å². The smallest absolute Gasteiger partial charge is 0.323 e. The lowest BCUT2D eigenvalue weighted by atomic mass is 10.0. The Balaban J connectivity index is 2.27. The monoisotopic (exact) mass is 317 g/mol. The maximum Gasteiger partial charge on any atom is 0.323 e. The van der Waals surface area contributed by atoms with Crippen LogP contribution in [0, 0.1) is 0 Å². The van der Waals surface area contributed by atoms with E-state index < -0.39 is 18.4 Å².